The molecule has 90 valence electrons. The van der Waals surface area contributed by atoms with Gasteiger partial charge < -0.3 is 13.8 Å². The number of Topliss-reactive ketones (excluding diaryl/α,β-unsaturated/α-hetero) is 1. The predicted octanol–water partition coefficient (Wildman–Crippen LogP) is 1.71. The minimum atomic E-state index is -3.08. The molecule has 0 aliphatic carbocycles. The summed E-state index contributed by atoms with van der Waals surface area (Å²) in [4.78, 5) is 11.6. The van der Waals surface area contributed by atoms with Crippen LogP contribution in [0.2, 0.25) is 0 Å². The van der Waals surface area contributed by atoms with E-state index in [-0.39, 0.29) is 12.4 Å². The first-order valence-electron chi connectivity index (χ1n) is 4.55. The highest BCUT2D eigenvalue weighted by Gasteiger charge is 2.29. The zero-order valence-electron chi connectivity index (χ0n) is 9.90. The van der Waals surface area contributed by atoms with E-state index in [0.717, 1.165) is 0 Å². The molecule has 0 rings (SSSR count). The lowest BCUT2D eigenvalue weighted by Crippen LogP contribution is -2.32. The summed E-state index contributed by atoms with van der Waals surface area (Å²) in [6, 6.07) is 0. The van der Waals surface area contributed by atoms with Crippen molar-refractivity contribution in [3.63, 3.8) is 0 Å². The van der Waals surface area contributed by atoms with Gasteiger partial charge in [0.1, 0.15) is 6.61 Å². The zero-order valence-corrected chi connectivity index (χ0v) is 10.8. The Balaban J connectivity index is 4.21. The number of hydrogen-bond acceptors (Lipinski definition) is 5. The van der Waals surface area contributed by atoms with E-state index in [1.54, 1.807) is 13.8 Å². The van der Waals surface area contributed by atoms with Crippen LogP contribution in [-0.2, 0) is 23.1 Å². The molecule has 0 aliphatic heterocycles. The monoisotopic (exact) mass is 238 g/mol. The smallest absolute Gasteiger partial charge is 0.327 e. The van der Waals surface area contributed by atoms with Crippen LogP contribution in [0.3, 0.4) is 0 Å². The fourth-order valence-corrected chi connectivity index (χ4v) is 1.32. The van der Waals surface area contributed by atoms with E-state index in [1.165, 1.54) is 20.9 Å². The molecule has 0 radical (unpaired) electrons. The summed E-state index contributed by atoms with van der Waals surface area (Å²) in [6.45, 7) is 4.89. The lowest BCUT2D eigenvalue weighted by molar-refractivity contribution is -0.132. The molecule has 0 spiro atoms. The SMILES string of the molecule is COCC(C)(C)C(=O)COP(C)(=O)OC. The highest BCUT2D eigenvalue weighted by molar-refractivity contribution is 7.52. The maximum atomic E-state index is 11.6. The highest BCUT2D eigenvalue weighted by Crippen LogP contribution is 2.42. The van der Waals surface area contributed by atoms with Crippen LogP contribution in [0.5, 0.6) is 0 Å². The van der Waals surface area contributed by atoms with Crippen LogP contribution in [0.25, 0.3) is 0 Å². The van der Waals surface area contributed by atoms with E-state index < -0.39 is 13.0 Å². The summed E-state index contributed by atoms with van der Waals surface area (Å²) in [6.07, 6.45) is 0. The van der Waals surface area contributed by atoms with Crippen LogP contribution >= 0.6 is 7.60 Å². The maximum Gasteiger partial charge on any atom is 0.327 e. The van der Waals surface area contributed by atoms with Gasteiger partial charge in [0.15, 0.2) is 5.78 Å². The summed E-state index contributed by atoms with van der Waals surface area (Å²) in [5.74, 6) is -0.163. The van der Waals surface area contributed by atoms with Gasteiger partial charge >= 0.3 is 7.60 Å². The van der Waals surface area contributed by atoms with Gasteiger partial charge in [-0.3, -0.25) is 9.36 Å². The number of ether oxygens (including phenoxy) is 1. The van der Waals surface area contributed by atoms with Crippen molar-refractivity contribution in [2.45, 2.75) is 13.8 Å². The Labute approximate surface area is 90.6 Å². The summed E-state index contributed by atoms with van der Waals surface area (Å²) in [7, 11) is -0.271. The maximum absolute atomic E-state index is 11.6. The first kappa shape index (κ1) is 14.8. The van der Waals surface area contributed by atoms with E-state index in [0.29, 0.717) is 6.61 Å². The molecule has 0 N–H and O–H groups in total. The van der Waals surface area contributed by atoms with Crippen LogP contribution in [0.4, 0.5) is 0 Å². The molecule has 15 heavy (non-hydrogen) atoms. The van der Waals surface area contributed by atoms with Gasteiger partial charge in [-0.2, -0.15) is 0 Å². The quantitative estimate of drug-likeness (QED) is 0.632. The van der Waals surface area contributed by atoms with Crippen molar-refractivity contribution >= 4 is 13.4 Å². The molecule has 1 atom stereocenters. The molecule has 0 bridgehead atoms. The Morgan fingerprint density at radius 3 is 2.27 bits per heavy atom. The second kappa shape index (κ2) is 5.75. The molecular formula is C9H19O5P. The lowest BCUT2D eigenvalue weighted by atomic mass is 9.90. The fourth-order valence-electron chi connectivity index (χ4n) is 0.865. The van der Waals surface area contributed by atoms with Crippen molar-refractivity contribution in [1.29, 1.82) is 0 Å². The molecule has 0 aliphatic rings. The average Bonchev–Trinajstić information content (AvgIpc) is 2.14. The first-order chi connectivity index (χ1) is 6.75. The normalized spacial score (nSPS) is 16.1. The van der Waals surface area contributed by atoms with Crippen LogP contribution in [0.15, 0.2) is 0 Å². The zero-order chi connectivity index (χ0) is 12.1. The third-order valence-corrected chi connectivity index (χ3v) is 3.28. The van der Waals surface area contributed by atoms with Crippen molar-refractivity contribution in [2.24, 2.45) is 5.41 Å². The fraction of sp³-hybridized carbons (Fsp3) is 0.889. The summed E-state index contributed by atoms with van der Waals surface area (Å²) in [5, 5.41) is 0. The summed E-state index contributed by atoms with van der Waals surface area (Å²) in [5.41, 5.74) is -0.636. The van der Waals surface area contributed by atoms with E-state index in [1.807, 2.05) is 0 Å². The summed E-state index contributed by atoms with van der Waals surface area (Å²) >= 11 is 0. The highest BCUT2D eigenvalue weighted by atomic mass is 31.2. The van der Waals surface area contributed by atoms with Crippen LogP contribution in [-0.4, -0.2) is 39.9 Å². The van der Waals surface area contributed by atoms with E-state index in [9.17, 15) is 9.36 Å². The average molecular weight is 238 g/mol. The van der Waals surface area contributed by atoms with Gasteiger partial charge in [-0.1, -0.05) is 13.8 Å². The van der Waals surface area contributed by atoms with Crippen LogP contribution in [0, 0.1) is 5.41 Å². The first-order valence-corrected chi connectivity index (χ1v) is 6.54. The number of hydrogen-bond donors (Lipinski definition) is 0. The molecular weight excluding hydrogens is 219 g/mol. The van der Waals surface area contributed by atoms with Gasteiger partial charge in [0.25, 0.3) is 0 Å². The Morgan fingerprint density at radius 1 is 1.33 bits per heavy atom. The number of carbonyl (C=O) groups excluding carboxylic acids is 1. The van der Waals surface area contributed by atoms with Crippen LogP contribution in [0.1, 0.15) is 13.8 Å². The van der Waals surface area contributed by atoms with E-state index >= 15 is 0 Å². The molecule has 1 unspecified atom stereocenters. The van der Waals surface area contributed by atoms with Crippen molar-refractivity contribution in [1.82, 2.24) is 0 Å². The Hall–Kier alpha value is -0.220. The molecule has 0 amide bonds. The number of methoxy groups -OCH3 is 1. The minimum absolute atomic E-state index is 0.163. The second-order valence-electron chi connectivity index (χ2n) is 3.97. The Morgan fingerprint density at radius 2 is 1.87 bits per heavy atom. The van der Waals surface area contributed by atoms with Gasteiger partial charge in [-0.15, -0.1) is 0 Å². The van der Waals surface area contributed by atoms with Crippen molar-refractivity contribution in [2.75, 3.05) is 34.1 Å². The minimum Gasteiger partial charge on any atom is -0.384 e. The van der Waals surface area contributed by atoms with Gasteiger partial charge in [0, 0.05) is 26.3 Å². The van der Waals surface area contributed by atoms with E-state index in [2.05, 4.69) is 4.52 Å². The van der Waals surface area contributed by atoms with Gasteiger partial charge in [0.05, 0.1) is 6.61 Å². The standard InChI is InChI=1S/C9H19O5P/c1-9(2,7-12-3)8(10)6-14-15(5,11)13-4/h6-7H2,1-5H3. The summed E-state index contributed by atoms with van der Waals surface area (Å²) < 4.78 is 25.8. The molecule has 5 nitrogen and oxygen atoms in total. The molecule has 0 saturated heterocycles. The van der Waals surface area contributed by atoms with Crippen molar-refractivity contribution in [3.8, 4) is 0 Å². The lowest BCUT2D eigenvalue weighted by Gasteiger charge is -2.22. The molecule has 0 saturated carbocycles. The number of rotatable bonds is 7. The third-order valence-electron chi connectivity index (χ3n) is 2.02. The Kier molecular flexibility index (Phi) is 5.67. The molecule has 6 heteroatoms. The Bertz CT molecular complexity index is 261. The molecule has 0 heterocycles. The number of ketones is 1. The topological polar surface area (TPSA) is 61.8 Å². The predicted molar refractivity (Wildman–Crippen MR) is 57.2 cm³/mol. The largest absolute Gasteiger partial charge is 0.384 e. The van der Waals surface area contributed by atoms with Gasteiger partial charge in [-0.25, -0.2) is 0 Å². The molecule has 0 aromatic carbocycles. The van der Waals surface area contributed by atoms with Crippen molar-refractivity contribution in [3.05, 3.63) is 0 Å². The van der Waals surface area contributed by atoms with Crippen LogP contribution < -0.4 is 0 Å². The number of carbonyl (C=O) groups is 1. The second-order valence-corrected chi connectivity index (χ2v) is 6.13. The van der Waals surface area contributed by atoms with Crippen molar-refractivity contribution < 1.29 is 23.1 Å². The van der Waals surface area contributed by atoms with Gasteiger partial charge in [-0.05, 0) is 0 Å². The third kappa shape index (κ3) is 5.42. The van der Waals surface area contributed by atoms with E-state index in [4.69, 9.17) is 9.26 Å². The molecule has 0 aromatic rings. The molecule has 0 fully saturated rings. The molecule has 0 aromatic heterocycles. The van der Waals surface area contributed by atoms with Gasteiger partial charge in [0.2, 0.25) is 0 Å².